The molecule has 2 aliphatic rings. The average molecular weight is 276 g/mol. The van der Waals surface area contributed by atoms with Gasteiger partial charge in [0.25, 0.3) is 0 Å². The first-order valence-corrected chi connectivity index (χ1v) is 5.44. The molecule has 2 heterocycles. The summed E-state index contributed by atoms with van der Waals surface area (Å²) >= 11 is 0. The molecule has 0 bridgehead atoms. The maximum Gasteiger partial charge on any atom is 0.586 e. The highest BCUT2D eigenvalue weighted by atomic mass is 35.5. The molecule has 3 rings (SSSR count). The van der Waals surface area contributed by atoms with Crippen molar-refractivity contribution in [3.05, 3.63) is 29.8 Å². The van der Waals surface area contributed by atoms with Gasteiger partial charge in [-0.05, 0) is 36.2 Å². The van der Waals surface area contributed by atoms with E-state index in [0.717, 1.165) is 30.6 Å². The molecule has 1 N–H and O–H groups in total. The Kier molecular flexibility index (Phi) is 3.45. The van der Waals surface area contributed by atoms with Gasteiger partial charge in [-0.3, -0.25) is 0 Å². The van der Waals surface area contributed by atoms with E-state index >= 15 is 0 Å². The Hall–Kier alpha value is -1.33. The van der Waals surface area contributed by atoms with Crippen molar-refractivity contribution in [2.24, 2.45) is 0 Å². The molecule has 0 saturated carbocycles. The molecule has 0 spiro atoms. The molecule has 0 atom stereocenters. The Bertz CT molecular complexity index is 491. The topological polar surface area (TPSA) is 30.5 Å². The standard InChI is InChI=1S/C12H11F2NO2.ClH/c13-12(14)16-10-2-1-9(7-11(10)17-12)8-3-5-15-6-4-8;/h1-3,7,15H,4-6H2;1H. The van der Waals surface area contributed by atoms with Crippen LogP contribution in [0.25, 0.3) is 5.57 Å². The highest BCUT2D eigenvalue weighted by Gasteiger charge is 2.43. The fourth-order valence-electron chi connectivity index (χ4n) is 2.03. The number of halogens is 3. The minimum atomic E-state index is -3.54. The molecule has 0 saturated heterocycles. The fourth-order valence-corrected chi connectivity index (χ4v) is 2.03. The van der Waals surface area contributed by atoms with E-state index in [4.69, 9.17) is 0 Å². The highest BCUT2D eigenvalue weighted by Crippen LogP contribution is 2.42. The van der Waals surface area contributed by atoms with E-state index in [1.165, 1.54) is 6.07 Å². The summed E-state index contributed by atoms with van der Waals surface area (Å²) in [5, 5.41) is 3.20. The molecule has 6 heteroatoms. The lowest BCUT2D eigenvalue weighted by molar-refractivity contribution is -0.286. The van der Waals surface area contributed by atoms with Crippen LogP contribution in [0, 0.1) is 0 Å². The second kappa shape index (κ2) is 4.74. The second-order valence-corrected chi connectivity index (χ2v) is 4.01. The largest absolute Gasteiger partial charge is 0.586 e. The third-order valence-corrected chi connectivity index (χ3v) is 2.84. The van der Waals surface area contributed by atoms with Crippen LogP contribution in [0.1, 0.15) is 12.0 Å². The maximum absolute atomic E-state index is 12.8. The lowest BCUT2D eigenvalue weighted by atomic mass is 10.00. The van der Waals surface area contributed by atoms with E-state index in [-0.39, 0.29) is 23.9 Å². The molecule has 0 unspecified atom stereocenters. The molecule has 98 valence electrons. The van der Waals surface area contributed by atoms with Gasteiger partial charge in [-0.1, -0.05) is 12.1 Å². The van der Waals surface area contributed by atoms with Crippen LogP contribution in [0.2, 0.25) is 0 Å². The van der Waals surface area contributed by atoms with Crippen molar-refractivity contribution in [2.45, 2.75) is 12.7 Å². The van der Waals surface area contributed by atoms with Crippen LogP contribution in [0.3, 0.4) is 0 Å². The van der Waals surface area contributed by atoms with Gasteiger partial charge in [0.1, 0.15) is 0 Å². The van der Waals surface area contributed by atoms with Crippen LogP contribution in [-0.2, 0) is 0 Å². The number of fused-ring (bicyclic) bond motifs is 1. The highest BCUT2D eigenvalue weighted by molar-refractivity contribution is 5.85. The predicted molar refractivity (Wildman–Crippen MR) is 65.4 cm³/mol. The molecule has 1 aromatic rings. The molecule has 18 heavy (non-hydrogen) atoms. The van der Waals surface area contributed by atoms with Crippen molar-refractivity contribution in [3.63, 3.8) is 0 Å². The normalized spacial score (nSPS) is 20.0. The minimum Gasteiger partial charge on any atom is -0.395 e. The van der Waals surface area contributed by atoms with Crippen LogP contribution in [0.4, 0.5) is 8.78 Å². The molecule has 2 aliphatic heterocycles. The minimum absolute atomic E-state index is 0. The van der Waals surface area contributed by atoms with Crippen molar-refractivity contribution >= 4 is 18.0 Å². The van der Waals surface area contributed by atoms with E-state index < -0.39 is 6.29 Å². The summed E-state index contributed by atoms with van der Waals surface area (Å²) in [5.41, 5.74) is 2.05. The van der Waals surface area contributed by atoms with Crippen molar-refractivity contribution in [1.29, 1.82) is 0 Å². The van der Waals surface area contributed by atoms with Gasteiger partial charge in [0.05, 0.1) is 0 Å². The van der Waals surface area contributed by atoms with Gasteiger partial charge >= 0.3 is 6.29 Å². The predicted octanol–water partition coefficient (Wildman–Crippen LogP) is 2.81. The van der Waals surface area contributed by atoms with Gasteiger partial charge < -0.3 is 14.8 Å². The summed E-state index contributed by atoms with van der Waals surface area (Å²) in [4.78, 5) is 0. The first kappa shape index (κ1) is 13.1. The number of hydrogen-bond acceptors (Lipinski definition) is 3. The van der Waals surface area contributed by atoms with Crippen LogP contribution >= 0.6 is 12.4 Å². The molecule has 1 aromatic carbocycles. The summed E-state index contributed by atoms with van der Waals surface area (Å²) < 4.78 is 34.5. The molecule has 3 nitrogen and oxygen atoms in total. The number of rotatable bonds is 1. The molecular weight excluding hydrogens is 264 g/mol. The van der Waals surface area contributed by atoms with Crippen molar-refractivity contribution in [1.82, 2.24) is 5.32 Å². The van der Waals surface area contributed by atoms with E-state index in [0.29, 0.717) is 0 Å². The van der Waals surface area contributed by atoms with Crippen LogP contribution in [0.15, 0.2) is 24.3 Å². The second-order valence-electron chi connectivity index (χ2n) is 4.01. The number of ether oxygens (including phenoxy) is 2. The first-order chi connectivity index (χ1) is 8.14. The lowest BCUT2D eigenvalue weighted by Crippen LogP contribution is -2.25. The Labute approximate surface area is 109 Å². The Balaban J connectivity index is 0.00000120. The zero-order valence-corrected chi connectivity index (χ0v) is 10.2. The Morgan fingerprint density at radius 3 is 2.67 bits per heavy atom. The van der Waals surface area contributed by atoms with Crippen molar-refractivity contribution < 1.29 is 18.3 Å². The van der Waals surface area contributed by atoms with Gasteiger partial charge in [-0.2, -0.15) is 0 Å². The smallest absolute Gasteiger partial charge is 0.395 e. The zero-order valence-electron chi connectivity index (χ0n) is 9.41. The summed E-state index contributed by atoms with van der Waals surface area (Å²) in [6.45, 7) is 1.70. The number of benzene rings is 1. The summed E-state index contributed by atoms with van der Waals surface area (Å²) in [6.07, 6.45) is -0.599. The molecule has 0 radical (unpaired) electrons. The SMILES string of the molecule is Cl.FC1(F)Oc2ccc(C3=CCNCC3)cc2O1. The summed E-state index contributed by atoms with van der Waals surface area (Å²) in [5.74, 6) is 0.195. The van der Waals surface area contributed by atoms with Gasteiger partial charge in [0, 0.05) is 6.54 Å². The van der Waals surface area contributed by atoms with E-state index in [1.54, 1.807) is 12.1 Å². The molecule has 0 fully saturated rings. The van der Waals surface area contributed by atoms with Crippen molar-refractivity contribution in [2.75, 3.05) is 13.1 Å². The summed E-state index contributed by atoms with van der Waals surface area (Å²) in [7, 11) is 0. The van der Waals surface area contributed by atoms with Crippen LogP contribution < -0.4 is 14.8 Å². The molecule has 0 aromatic heterocycles. The first-order valence-electron chi connectivity index (χ1n) is 5.44. The maximum atomic E-state index is 12.8. The fraction of sp³-hybridized carbons (Fsp3) is 0.333. The number of hydrogen-bond donors (Lipinski definition) is 1. The van der Waals surface area contributed by atoms with Gasteiger partial charge in [-0.15, -0.1) is 21.2 Å². The number of nitrogens with one attached hydrogen (secondary N) is 1. The molecular formula is C12H12ClF2NO2. The molecule has 0 amide bonds. The third-order valence-electron chi connectivity index (χ3n) is 2.84. The Morgan fingerprint density at radius 2 is 1.94 bits per heavy atom. The lowest BCUT2D eigenvalue weighted by Gasteiger charge is -2.14. The van der Waals surface area contributed by atoms with Gasteiger partial charge in [0.15, 0.2) is 11.5 Å². The zero-order chi connectivity index (χ0) is 11.9. The monoisotopic (exact) mass is 275 g/mol. The van der Waals surface area contributed by atoms with Gasteiger partial charge in [0.2, 0.25) is 0 Å². The quantitative estimate of drug-likeness (QED) is 0.855. The van der Waals surface area contributed by atoms with E-state index in [2.05, 4.69) is 20.9 Å². The van der Waals surface area contributed by atoms with Crippen LogP contribution in [0.5, 0.6) is 11.5 Å². The summed E-state index contributed by atoms with van der Waals surface area (Å²) in [6, 6.07) is 4.91. The van der Waals surface area contributed by atoms with E-state index in [1.807, 2.05) is 0 Å². The van der Waals surface area contributed by atoms with Gasteiger partial charge in [-0.25, -0.2) is 0 Å². The van der Waals surface area contributed by atoms with E-state index in [9.17, 15) is 8.78 Å². The molecule has 0 aliphatic carbocycles. The average Bonchev–Trinajstić information content (AvgIpc) is 2.63. The third kappa shape index (κ3) is 2.42. The van der Waals surface area contributed by atoms with Crippen LogP contribution in [-0.4, -0.2) is 19.4 Å². The number of alkyl halides is 2. The Morgan fingerprint density at radius 1 is 1.17 bits per heavy atom. The van der Waals surface area contributed by atoms with Crippen molar-refractivity contribution in [3.8, 4) is 11.5 Å².